The van der Waals surface area contributed by atoms with E-state index < -0.39 is 17.8 Å². The number of nitrogens with one attached hydrogen (secondary N) is 2. The van der Waals surface area contributed by atoms with Crippen LogP contribution in [0.2, 0.25) is 5.02 Å². The Morgan fingerprint density at radius 3 is 2.56 bits per heavy atom. The minimum Gasteiger partial charge on any atom is -0.305 e. The van der Waals surface area contributed by atoms with Crippen LogP contribution in [0.5, 0.6) is 0 Å². The molecule has 0 saturated heterocycles. The lowest BCUT2D eigenvalue weighted by Gasteiger charge is -2.17. The van der Waals surface area contributed by atoms with Gasteiger partial charge in [-0.3, -0.25) is 14.7 Å². The predicted octanol–water partition coefficient (Wildman–Crippen LogP) is 5.29. The van der Waals surface area contributed by atoms with E-state index in [9.17, 15) is 14.0 Å². The maximum Gasteiger partial charge on any atom is 0.325 e. The molecule has 32 heavy (non-hydrogen) atoms. The van der Waals surface area contributed by atoms with Gasteiger partial charge in [-0.05, 0) is 37.1 Å². The van der Waals surface area contributed by atoms with Gasteiger partial charge in [0.05, 0.1) is 16.5 Å². The average molecular weight is 474 g/mol. The number of hydrogen-bond acceptors (Lipinski definition) is 5. The summed E-state index contributed by atoms with van der Waals surface area (Å²) in [4.78, 5) is 24.3. The molecule has 0 unspecified atom stereocenters. The van der Waals surface area contributed by atoms with E-state index in [1.54, 1.807) is 12.1 Å². The van der Waals surface area contributed by atoms with Crippen molar-refractivity contribution in [3.05, 3.63) is 59.4 Å². The Morgan fingerprint density at radius 2 is 1.81 bits per heavy atom. The van der Waals surface area contributed by atoms with Gasteiger partial charge in [-0.1, -0.05) is 60.5 Å². The minimum absolute atomic E-state index is 0.00388. The number of rotatable bonds is 6. The lowest BCUT2D eigenvalue weighted by molar-refractivity contribution is -0.117. The Bertz CT molecular complexity index is 1130. The summed E-state index contributed by atoms with van der Waals surface area (Å²) in [6, 6.07) is 12.6. The van der Waals surface area contributed by atoms with Crippen molar-refractivity contribution in [1.82, 2.24) is 20.1 Å². The van der Waals surface area contributed by atoms with Crippen molar-refractivity contribution in [3.8, 4) is 11.4 Å². The van der Waals surface area contributed by atoms with Gasteiger partial charge in [0.1, 0.15) is 5.82 Å². The number of nitrogens with zero attached hydrogens (tertiary/aromatic N) is 3. The molecule has 1 aromatic heterocycles. The van der Waals surface area contributed by atoms with E-state index in [0.717, 1.165) is 31.2 Å². The summed E-state index contributed by atoms with van der Waals surface area (Å²) in [7, 11) is 0. The number of para-hydroxylation sites is 1. The molecule has 2 aromatic carbocycles. The van der Waals surface area contributed by atoms with E-state index in [0.29, 0.717) is 16.0 Å². The fraction of sp³-hybridized carbons (Fsp3) is 0.273. The van der Waals surface area contributed by atoms with Crippen LogP contribution >= 0.6 is 23.4 Å². The summed E-state index contributed by atoms with van der Waals surface area (Å²) < 4.78 is 15.7. The fourth-order valence-corrected chi connectivity index (χ4v) is 4.73. The number of imide groups is 1. The minimum atomic E-state index is -0.797. The number of hydrogen-bond donors (Lipinski definition) is 2. The molecule has 2 N–H and O–H groups in total. The highest BCUT2D eigenvalue weighted by Gasteiger charge is 2.26. The van der Waals surface area contributed by atoms with Crippen molar-refractivity contribution < 1.29 is 14.0 Å². The maximum absolute atomic E-state index is 13.7. The zero-order chi connectivity index (χ0) is 22.5. The number of anilines is 1. The second-order valence-corrected chi connectivity index (χ2v) is 8.71. The molecule has 3 amide bonds. The third kappa shape index (κ3) is 5.11. The van der Waals surface area contributed by atoms with Crippen LogP contribution < -0.4 is 10.6 Å². The normalized spacial score (nSPS) is 13.8. The van der Waals surface area contributed by atoms with E-state index in [1.807, 2.05) is 22.8 Å². The molecular formula is C22H21ClFN5O2S. The number of aromatic nitrogens is 3. The number of amides is 3. The first-order chi connectivity index (χ1) is 15.5. The number of halogens is 2. The number of thioether (sulfide) groups is 1. The molecular weight excluding hydrogens is 453 g/mol. The fourth-order valence-electron chi connectivity index (χ4n) is 3.70. The van der Waals surface area contributed by atoms with Crippen LogP contribution in [0.4, 0.5) is 14.9 Å². The molecule has 0 bridgehead atoms. The van der Waals surface area contributed by atoms with E-state index >= 15 is 0 Å². The van der Waals surface area contributed by atoms with Crippen LogP contribution in [-0.4, -0.2) is 32.5 Å². The van der Waals surface area contributed by atoms with Gasteiger partial charge in [0.2, 0.25) is 5.91 Å². The van der Waals surface area contributed by atoms with E-state index in [1.165, 1.54) is 30.0 Å². The van der Waals surface area contributed by atoms with Crippen LogP contribution in [0.15, 0.2) is 53.7 Å². The third-order valence-corrected chi connectivity index (χ3v) is 6.45. The second-order valence-electron chi connectivity index (χ2n) is 7.37. The zero-order valence-corrected chi connectivity index (χ0v) is 18.6. The first-order valence-corrected chi connectivity index (χ1v) is 11.6. The van der Waals surface area contributed by atoms with Crippen molar-refractivity contribution in [3.63, 3.8) is 0 Å². The molecule has 10 heteroatoms. The summed E-state index contributed by atoms with van der Waals surface area (Å²) in [5.41, 5.74) is 0.782. The highest BCUT2D eigenvalue weighted by molar-refractivity contribution is 7.99. The molecule has 0 spiro atoms. The summed E-state index contributed by atoms with van der Waals surface area (Å²) in [5, 5.41) is 14.4. The van der Waals surface area contributed by atoms with Gasteiger partial charge in [-0.25, -0.2) is 9.18 Å². The quantitative estimate of drug-likeness (QED) is 0.474. The molecule has 166 valence electrons. The van der Waals surface area contributed by atoms with Crippen LogP contribution in [0.25, 0.3) is 11.4 Å². The van der Waals surface area contributed by atoms with Gasteiger partial charge in [0, 0.05) is 11.6 Å². The average Bonchev–Trinajstić information content (AvgIpc) is 3.44. The highest BCUT2D eigenvalue weighted by atomic mass is 35.5. The molecule has 1 heterocycles. The molecule has 0 aliphatic heterocycles. The topological polar surface area (TPSA) is 88.9 Å². The molecule has 1 aliphatic carbocycles. The maximum atomic E-state index is 13.7. The lowest BCUT2D eigenvalue weighted by atomic mass is 10.2. The van der Waals surface area contributed by atoms with Crippen molar-refractivity contribution in [2.75, 3.05) is 11.1 Å². The second kappa shape index (κ2) is 10.1. The van der Waals surface area contributed by atoms with E-state index in [4.69, 9.17) is 11.6 Å². The van der Waals surface area contributed by atoms with Crippen LogP contribution in [0.3, 0.4) is 0 Å². The Hall–Kier alpha value is -2.91. The Labute approximate surface area is 193 Å². The van der Waals surface area contributed by atoms with Gasteiger partial charge in [0.25, 0.3) is 0 Å². The molecule has 1 fully saturated rings. The first kappa shape index (κ1) is 22.3. The van der Waals surface area contributed by atoms with Crippen LogP contribution in [0.1, 0.15) is 31.7 Å². The number of carbonyl (C=O) groups excluding carboxylic acids is 2. The van der Waals surface area contributed by atoms with Crippen molar-refractivity contribution in [2.45, 2.75) is 36.9 Å². The van der Waals surface area contributed by atoms with Crippen LogP contribution in [-0.2, 0) is 4.79 Å². The van der Waals surface area contributed by atoms with Gasteiger partial charge in [0.15, 0.2) is 11.0 Å². The number of carbonyl (C=O) groups is 2. The first-order valence-electron chi connectivity index (χ1n) is 10.2. The van der Waals surface area contributed by atoms with E-state index in [-0.39, 0.29) is 17.5 Å². The van der Waals surface area contributed by atoms with Gasteiger partial charge < -0.3 is 5.32 Å². The SMILES string of the molecule is O=C(CSc1nnc(-c2ccccc2Cl)n1C1CCCC1)NC(=O)Nc1ccccc1F. The number of benzene rings is 2. The Balaban J connectivity index is 1.45. The van der Waals surface area contributed by atoms with E-state index in [2.05, 4.69) is 20.8 Å². The lowest BCUT2D eigenvalue weighted by Crippen LogP contribution is -2.35. The smallest absolute Gasteiger partial charge is 0.305 e. The molecule has 7 nitrogen and oxygen atoms in total. The molecule has 0 radical (unpaired) electrons. The van der Waals surface area contributed by atoms with Crippen molar-refractivity contribution in [1.29, 1.82) is 0 Å². The summed E-state index contributed by atoms with van der Waals surface area (Å²) >= 11 is 7.58. The largest absolute Gasteiger partial charge is 0.325 e. The Kier molecular flexibility index (Phi) is 7.06. The monoisotopic (exact) mass is 473 g/mol. The standard InChI is InChI=1S/C22H21ClFN5O2S/c23-16-10-4-3-9-15(16)20-27-28-22(29(20)14-7-1-2-8-14)32-13-19(30)26-21(31)25-18-12-6-5-11-17(18)24/h3-6,9-12,14H,1-2,7-8,13H2,(H2,25,26,30,31). The van der Waals surface area contributed by atoms with Crippen molar-refractivity contribution in [2.24, 2.45) is 0 Å². The Morgan fingerprint density at radius 1 is 1.09 bits per heavy atom. The molecule has 1 aliphatic rings. The van der Waals surface area contributed by atoms with Crippen molar-refractivity contribution >= 4 is 41.0 Å². The van der Waals surface area contributed by atoms with Gasteiger partial charge >= 0.3 is 6.03 Å². The molecule has 3 aromatic rings. The predicted molar refractivity (Wildman–Crippen MR) is 122 cm³/mol. The van der Waals surface area contributed by atoms with Crippen LogP contribution in [0, 0.1) is 5.82 Å². The number of urea groups is 1. The molecule has 1 saturated carbocycles. The third-order valence-electron chi connectivity index (χ3n) is 5.18. The van der Waals surface area contributed by atoms with Gasteiger partial charge in [-0.15, -0.1) is 10.2 Å². The summed E-state index contributed by atoms with van der Waals surface area (Å²) in [6.45, 7) is 0. The highest BCUT2D eigenvalue weighted by Crippen LogP contribution is 2.38. The van der Waals surface area contributed by atoms with Gasteiger partial charge in [-0.2, -0.15) is 0 Å². The molecule has 4 rings (SSSR count). The zero-order valence-electron chi connectivity index (χ0n) is 17.1. The molecule has 0 atom stereocenters. The summed E-state index contributed by atoms with van der Waals surface area (Å²) in [6.07, 6.45) is 4.23. The summed E-state index contributed by atoms with van der Waals surface area (Å²) in [5.74, 6) is -0.481.